The van der Waals surface area contributed by atoms with Gasteiger partial charge in [0.05, 0.1) is 12.1 Å². The van der Waals surface area contributed by atoms with Gasteiger partial charge in [-0.05, 0) is 46.5 Å². The van der Waals surface area contributed by atoms with Crippen LogP contribution in [0.3, 0.4) is 0 Å². The van der Waals surface area contributed by atoms with Crippen molar-refractivity contribution in [2.24, 2.45) is 11.7 Å². The minimum atomic E-state index is -1.45. The molecule has 0 heterocycles. The first-order chi connectivity index (χ1) is 12.9. The highest BCUT2D eigenvalue weighted by atomic mass is 16.5. The van der Waals surface area contributed by atoms with Crippen LogP contribution in [-0.2, 0) is 9.59 Å². The Hall–Kier alpha value is -1.26. The number of rotatable bonds is 13. The summed E-state index contributed by atoms with van der Waals surface area (Å²) >= 11 is 0. The molecule has 0 spiro atoms. The average Bonchev–Trinajstić information content (AvgIpc) is 2.58. The minimum absolute atomic E-state index is 0.0973. The summed E-state index contributed by atoms with van der Waals surface area (Å²) in [6, 6.07) is -0.933. The van der Waals surface area contributed by atoms with Crippen molar-refractivity contribution in [1.82, 2.24) is 21.3 Å². The van der Waals surface area contributed by atoms with E-state index in [2.05, 4.69) is 21.3 Å². The Bertz CT molecular complexity index is 466. The van der Waals surface area contributed by atoms with Crippen molar-refractivity contribution in [1.29, 1.82) is 0 Å². The van der Waals surface area contributed by atoms with Crippen LogP contribution in [0, 0.1) is 5.92 Å². The van der Waals surface area contributed by atoms with Gasteiger partial charge in [-0.2, -0.15) is 0 Å². The summed E-state index contributed by atoms with van der Waals surface area (Å²) in [7, 11) is 0. The lowest BCUT2D eigenvalue weighted by Gasteiger charge is -2.27. The van der Waals surface area contributed by atoms with Crippen LogP contribution in [0.15, 0.2) is 0 Å². The average molecular weight is 404 g/mol. The quantitative estimate of drug-likeness (QED) is 0.154. The lowest BCUT2D eigenvalue weighted by Crippen LogP contribution is -2.56. The van der Waals surface area contributed by atoms with E-state index in [-0.39, 0.29) is 49.5 Å². The van der Waals surface area contributed by atoms with Crippen LogP contribution in [0.1, 0.15) is 54.4 Å². The molecule has 1 unspecified atom stereocenters. The fourth-order valence-corrected chi connectivity index (χ4v) is 2.49. The molecule has 0 radical (unpaired) electrons. The third kappa shape index (κ3) is 12.2. The first kappa shape index (κ1) is 26.7. The maximum absolute atomic E-state index is 12.5. The maximum atomic E-state index is 12.5. The molecule has 0 aliphatic rings. The fourth-order valence-electron chi connectivity index (χ4n) is 2.49. The first-order valence-electron chi connectivity index (χ1n) is 10.0. The Kier molecular flexibility index (Phi) is 12.5. The highest BCUT2D eigenvalue weighted by molar-refractivity contribution is 5.83. The molecule has 8 N–H and O–H groups in total. The normalized spacial score (nSPS) is 15.4. The predicted molar refractivity (Wildman–Crippen MR) is 110 cm³/mol. The molecular weight excluding hydrogens is 362 g/mol. The number of carbonyl (C=O) groups is 2. The third-order valence-electron chi connectivity index (χ3n) is 4.38. The minimum Gasteiger partial charge on any atom is -0.368 e. The van der Waals surface area contributed by atoms with Crippen LogP contribution in [0.5, 0.6) is 0 Å². The zero-order valence-electron chi connectivity index (χ0n) is 18.2. The molecule has 0 aromatic carbocycles. The number of hydrogen-bond donors (Lipinski definition) is 7. The van der Waals surface area contributed by atoms with E-state index in [1.54, 1.807) is 0 Å². The lowest BCUT2D eigenvalue weighted by molar-refractivity contribution is -0.125. The van der Waals surface area contributed by atoms with Crippen LogP contribution in [0.25, 0.3) is 0 Å². The van der Waals surface area contributed by atoms with Crippen molar-refractivity contribution in [2.75, 3.05) is 19.6 Å². The molecule has 0 rings (SSSR count). The van der Waals surface area contributed by atoms with Crippen molar-refractivity contribution >= 4 is 11.8 Å². The lowest BCUT2D eigenvalue weighted by atomic mass is 10.0. The highest BCUT2D eigenvalue weighted by Crippen LogP contribution is 2.06. The van der Waals surface area contributed by atoms with Gasteiger partial charge in [0, 0.05) is 31.2 Å². The van der Waals surface area contributed by atoms with E-state index in [4.69, 9.17) is 15.9 Å². The number of nitrogens with two attached hydrogens (primary N) is 1. The molecule has 0 aromatic rings. The van der Waals surface area contributed by atoms with Crippen LogP contribution < -0.4 is 27.0 Å². The van der Waals surface area contributed by atoms with Gasteiger partial charge >= 0.3 is 0 Å². The number of hydrogen-bond acceptors (Lipinski definition) is 7. The van der Waals surface area contributed by atoms with Crippen molar-refractivity contribution in [3.63, 3.8) is 0 Å². The topological polar surface area (TPSA) is 149 Å². The van der Waals surface area contributed by atoms with E-state index >= 15 is 0 Å². The monoisotopic (exact) mass is 403 g/mol. The van der Waals surface area contributed by atoms with E-state index in [1.165, 1.54) is 0 Å². The van der Waals surface area contributed by atoms with Gasteiger partial charge in [0.1, 0.15) is 0 Å². The van der Waals surface area contributed by atoms with E-state index < -0.39 is 18.4 Å². The molecule has 0 saturated carbocycles. The second kappa shape index (κ2) is 13.1. The standard InChI is InChI=1S/C19H41N5O4/c1-12(2)13(3)23-14(7-8-16(25)26)17(27)21-9-10-22-18(28)15(11-20)24-19(4,5)6/h12-16,23-26H,7-11,20H2,1-6H3,(H,21,27)(H,22,28)/t13?,14-,15-/m0/s1. The number of carbonyl (C=O) groups excluding carboxylic acids is 2. The Morgan fingerprint density at radius 1 is 0.929 bits per heavy atom. The molecule has 0 saturated heterocycles. The third-order valence-corrected chi connectivity index (χ3v) is 4.38. The molecule has 0 aromatic heterocycles. The number of amides is 2. The van der Waals surface area contributed by atoms with Crippen molar-refractivity contribution in [3.05, 3.63) is 0 Å². The summed E-state index contributed by atoms with van der Waals surface area (Å²) in [5, 5.41) is 30.1. The Morgan fingerprint density at radius 3 is 1.82 bits per heavy atom. The van der Waals surface area contributed by atoms with Gasteiger partial charge in [0.15, 0.2) is 6.29 Å². The predicted octanol–water partition coefficient (Wildman–Crippen LogP) is -0.972. The Balaban J connectivity index is 4.49. The first-order valence-corrected chi connectivity index (χ1v) is 10.0. The summed E-state index contributed by atoms with van der Waals surface area (Å²) in [5.74, 6) is -0.110. The summed E-state index contributed by atoms with van der Waals surface area (Å²) < 4.78 is 0. The zero-order valence-corrected chi connectivity index (χ0v) is 18.2. The van der Waals surface area contributed by atoms with Crippen LogP contribution >= 0.6 is 0 Å². The van der Waals surface area contributed by atoms with E-state index in [9.17, 15) is 9.59 Å². The molecule has 0 fully saturated rings. The summed E-state index contributed by atoms with van der Waals surface area (Å²) in [5.41, 5.74) is 5.42. The van der Waals surface area contributed by atoms with Crippen molar-refractivity contribution < 1.29 is 19.8 Å². The van der Waals surface area contributed by atoms with Gasteiger partial charge in [-0.3, -0.25) is 9.59 Å². The molecule has 9 heteroatoms. The van der Waals surface area contributed by atoms with Crippen LogP contribution in [0.2, 0.25) is 0 Å². The van der Waals surface area contributed by atoms with E-state index in [0.717, 1.165) is 0 Å². The molecule has 0 aliphatic carbocycles. The van der Waals surface area contributed by atoms with Gasteiger partial charge in [-0.15, -0.1) is 0 Å². The van der Waals surface area contributed by atoms with Crippen molar-refractivity contribution in [2.45, 2.75) is 84.3 Å². The Labute approximate surface area is 169 Å². The SMILES string of the molecule is CC(C)C(C)N[C@@H](CCC(O)O)C(=O)NCCNC(=O)[C@H](CN)NC(C)(C)C. The van der Waals surface area contributed by atoms with Crippen LogP contribution in [0.4, 0.5) is 0 Å². The largest absolute Gasteiger partial charge is 0.368 e. The fraction of sp³-hybridized carbons (Fsp3) is 0.895. The van der Waals surface area contributed by atoms with E-state index in [0.29, 0.717) is 12.3 Å². The van der Waals surface area contributed by atoms with Crippen molar-refractivity contribution in [3.8, 4) is 0 Å². The molecule has 0 aliphatic heterocycles. The van der Waals surface area contributed by atoms with Gasteiger partial charge < -0.3 is 37.2 Å². The summed E-state index contributed by atoms with van der Waals surface area (Å²) in [6.45, 7) is 12.7. The van der Waals surface area contributed by atoms with E-state index in [1.807, 2.05) is 41.5 Å². The number of aliphatic hydroxyl groups is 2. The second-order valence-electron chi connectivity index (χ2n) is 8.57. The molecule has 9 nitrogen and oxygen atoms in total. The zero-order chi connectivity index (χ0) is 21.9. The molecule has 3 atom stereocenters. The summed E-state index contributed by atoms with van der Waals surface area (Å²) in [6.07, 6.45) is -1.05. The molecule has 166 valence electrons. The van der Waals surface area contributed by atoms with Gasteiger partial charge in [0.2, 0.25) is 11.8 Å². The highest BCUT2D eigenvalue weighted by Gasteiger charge is 2.23. The summed E-state index contributed by atoms with van der Waals surface area (Å²) in [4.78, 5) is 24.6. The molecule has 2 amide bonds. The smallest absolute Gasteiger partial charge is 0.238 e. The van der Waals surface area contributed by atoms with Crippen LogP contribution in [-0.4, -0.2) is 71.6 Å². The molecular formula is C19H41N5O4. The van der Waals surface area contributed by atoms with Gasteiger partial charge in [-0.1, -0.05) is 13.8 Å². The molecule has 0 bridgehead atoms. The second-order valence-corrected chi connectivity index (χ2v) is 8.57. The number of nitrogens with one attached hydrogen (secondary N) is 4. The van der Waals surface area contributed by atoms with Gasteiger partial charge in [0.25, 0.3) is 0 Å². The number of aliphatic hydroxyl groups excluding tert-OH is 1. The molecule has 28 heavy (non-hydrogen) atoms. The maximum Gasteiger partial charge on any atom is 0.238 e. The van der Waals surface area contributed by atoms with Gasteiger partial charge in [-0.25, -0.2) is 0 Å². The Morgan fingerprint density at radius 2 is 1.43 bits per heavy atom.